The number of esters is 1. The van der Waals surface area contributed by atoms with Crippen molar-refractivity contribution in [3.8, 4) is 11.8 Å². The van der Waals surface area contributed by atoms with Crippen LogP contribution in [-0.4, -0.2) is 12.6 Å². The monoisotopic (exact) mass is 278 g/mol. The number of carbonyl (C=O) groups is 1. The highest BCUT2D eigenvalue weighted by Gasteiger charge is 2.04. The lowest BCUT2D eigenvalue weighted by molar-refractivity contribution is -0.137. The highest BCUT2D eigenvalue weighted by Crippen LogP contribution is 2.06. The van der Waals surface area contributed by atoms with Gasteiger partial charge >= 0.3 is 5.97 Å². The molecule has 3 heteroatoms. The van der Waals surface area contributed by atoms with E-state index in [0.717, 1.165) is 5.56 Å². The molecule has 0 amide bonds. The lowest BCUT2D eigenvalue weighted by Gasteiger charge is -1.96. The van der Waals surface area contributed by atoms with Crippen molar-refractivity contribution in [1.82, 2.24) is 0 Å². The minimum absolute atomic E-state index is 0.331. The Kier molecular flexibility index (Phi) is 5.38. The first-order chi connectivity index (χ1) is 7.74. The Bertz CT molecular complexity index is 438. The van der Waals surface area contributed by atoms with Gasteiger partial charge in [0, 0.05) is 11.6 Å². The van der Waals surface area contributed by atoms with Gasteiger partial charge in [0.15, 0.2) is 0 Å². The summed E-state index contributed by atoms with van der Waals surface area (Å²) in [6, 6.07) is 9.55. The van der Waals surface area contributed by atoms with E-state index in [4.69, 9.17) is 4.74 Å². The number of hydrogen-bond acceptors (Lipinski definition) is 2. The zero-order valence-electron chi connectivity index (χ0n) is 8.87. The summed E-state index contributed by atoms with van der Waals surface area (Å²) in [6.07, 6.45) is 1.49. The minimum Gasteiger partial charge on any atom is -0.462 e. The molecule has 0 N–H and O–H groups in total. The summed E-state index contributed by atoms with van der Waals surface area (Å²) in [5.74, 6) is 5.29. The van der Waals surface area contributed by atoms with Crippen molar-refractivity contribution in [2.75, 3.05) is 6.61 Å². The molecule has 0 spiro atoms. The van der Waals surface area contributed by atoms with Gasteiger partial charge in [0.05, 0.1) is 6.61 Å². The third-order valence-electron chi connectivity index (χ3n) is 1.66. The van der Waals surface area contributed by atoms with Crippen molar-refractivity contribution in [1.29, 1.82) is 0 Å². The molecule has 16 heavy (non-hydrogen) atoms. The zero-order valence-corrected chi connectivity index (χ0v) is 10.5. The largest absolute Gasteiger partial charge is 0.462 e. The lowest BCUT2D eigenvalue weighted by atomic mass is 10.2. The van der Waals surface area contributed by atoms with Gasteiger partial charge < -0.3 is 4.74 Å². The molecule has 0 heterocycles. The highest BCUT2D eigenvalue weighted by molar-refractivity contribution is 9.12. The molecule has 2 nitrogen and oxygen atoms in total. The van der Waals surface area contributed by atoms with Gasteiger partial charge in [-0.3, -0.25) is 0 Å². The van der Waals surface area contributed by atoms with E-state index in [9.17, 15) is 4.79 Å². The third kappa shape index (κ3) is 4.33. The van der Waals surface area contributed by atoms with Gasteiger partial charge in [0.1, 0.15) is 4.48 Å². The lowest BCUT2D eigenvalue weighted by Crippen LogP contribution is -2.02. The molecule has 0 radical (unpaired) electrons. The maximum atomic E-state index is 11.2. The molecule has 0 bridgehead atoms. The summed E-state index contributed by atoms with van der Waals surface area (Å²) in [5.41, 5.74) is 0.905. The normalized spacial score (nSPS) is 10.2. The third-order valence-corrected chi connectivity index (χ3v) is 2.21. The average Bonchev–Trinajstić information content (AvgIpc) is 2.30. The Morgan fingerprint density at radius 3 is 2.75 bits per heavy atom. The van der Waals surface area contributed by atoms with Gasteiger partial charge in [-0.15, -0.1) is 0 Å². The molecule has 1 aromatic rings. The second kappa shape index (κ2) is 6.86. The number of hydrogen-bond donors (Lipinski definition) is 0. The van der Waals surface area contributed by atoms with Crippen molar-refractivity contribution in [2.45, 2.75) is 6.92 Å². The molecule has 0 aliphatic rings. The molecule has 0 fully saturated rings. The highest BCUT2D eigenvalue weighted by atomic mass is 79.9. The Hall–Kier alpha value is -1.53. The number of ether oxygens (including phenoxy) is 1. The summed E-state index contributed by atoms with van der Waals surface area (Å²) in [7, 11) is 0. The minimum atomic E-state index is -0.398. The molecular formula is C13H11BrO2. The number of halogens is 1. The molecule has 82 valence electrons. The fourth-order valence-electron chi connectivity index (χ4n) is 0.963. The Morgan fingerprint density at radius 1 is 1.44 bits per heavy atom. The fraction of sp³-hybridized carbons (Fsp3) is 0.154. The van der Waals surface area contributed by atoms with Crippen LogP contribution in [0.25, 0.3) is 0 Å². The number of rotatable bonds is 2. The SMILES string of the molecule is CCOC(=O)/C(Br)=C/C#Cc1ccccc1. The molecule has 0 aromatic heterocycles. The Labute approximate surface area is 103 Å². The topological polar surface area (TPSA) is 26.3 Å². The van der Waals surface area contributed by atoms with Gasteiger partial charge in [-0.1, -0.05) is 30.0 Å². The summed E-state index contributed by atoms with van der Waals surface area (Å²) < 4.78 is 5.12. The summed E-state index contributed by atoms with van der Waals surface area (Å²) >= 11 is 3.10. The van der Waals surface area contributed by atoms with Crippen LogP contribution in [0.3, 0.4) is 0 Å². The summed E-state index contributed by atoms with van der Waals surface area (Å²) in [5, 5.41) is 0. The van der Waals surface area contributed by atoms with Crippen LogP contribution in [0.4, 0.5) is 0 Å². The first-order valence-electron chi connectivity index (χ1n) is 4.83. The summed E-state index contributed by atoms with van der Waals surface area (Å²) in [6.45, 7) is 2.11. The predicted octanol–water partition coefficient (Wildman–Crippen LogP) is 2.88. The van der Waals surface area contributed by atoms with Crippen LogP contribution in [0.5, 0.6) is 0 Å². The van der Waals surface area contributed by atoms with Crippen molar-refractivity contribution < 1.29 is 9.53 Å². The standard InChI is InChI=1S/C13H11BrO2/c1-2-16-13(15)12(14)10-6-9-11-7-4-3-5-8-11/h3-5,7-8,10H,2H2,1H3/b12-10-. The molecule has 0 atom stereocenters. The van der Waals surface area contributed by atoms with E-state index in [1.807, 2.05) is 30.3 Å². The van der Waals surface area contributed by atoms with Gasteiger partial charge in [-0.05, 0) is 35.0 Å². The van der Waals surface area contributed by atoms with Crippen molar-refractivity contribution in [3.63, 3.8) is 0 Å². The zero-order chi connectivity index (χ0) is 11.8. The number of carbonyl (C=O) groups excluding carboxylic acids is 1. The van der Waals surface area contributed by atoms with Crippen LogP contribution in [0.2, 0.25) is 0 Å². The van der Waals surface area contributed by atoms with Gasteiger partial charge in [-0.2, -0.15) is 0 Å². The van der Waals surface area contributed by atoms with Crippen LogP contribution < -0.4 is 0 Å². The van der Waals surface area contributed by atoms with E-state index in [1.165, 1.54) is 6.08 Å². The average molecular weight is 279 g/mol. The van der Waals surface area contributed by atoms with Crippen molar-refractivity contribution >= 4 is 21.9 Å². The van der Waals surface area contributed by atoms with E-state index < -0.39 is 5.97 Å². The molecule has 1 rings (SSSR count). The van der Waals surface area contributed by atoms with E-state index in [1.54, 1.807) is 6.92 Å². The van der Waals surface area contributed by atoms with E-state index in [2.05, 4.69) is 27.8 Å². The first-order valence-corrected chi connectivity index (χ1v) is 5.62. The first kappa shape index (κ1) is 12.5. The van der Waals surface area contributed by atoms with Crippen LogP contribution in [-0.2, 0) is 9.53 Å². The van der Waals surface area contributed by atoms with E-state index >= 15 is 0 Å². The quantitative estimate of drug-likeness (QED) is 0.472. The maximum Gasteiger partial charge on any atom is 0.345 e. The smallest absolute Gasteiger partial charge is 0.345 e. The Balaban J connectivity index is 2.66. The molecule has 0 aliphatic carbocycles. The molecule has 0 aliphatic heterocycles. The predicted molar refractivity (Wildman–Crippen MR) is 67.0 cm³/mol. The molecule has 1 aromatic carbocycles. The number of benzene rings is 1. The Morgan fingerprint density at radius 2 is 2.12 bits per heavy atom. The van der Waals surface area contributed by atoms with Crippen LogP contribution in [0.1, 0.15) is 12.5 Å². The van der Waals surface area contributed by atoms with Gasteiger partial charge in [0.2, 0.25) is 0 Å². The van der Waals surface area contributed by atoms with Crippen molar-refractivity contribution in [2.24, 2.45) is 0 Å². The maximum absolute atomic E-state index is 11.2. The van der Waals surface area contributed by atoms with Gasteiger partial charge in [-0.25, -0.2) is 4.79 Å². The fourth-order valence-corrected chi connectivity index (χ4v) is 1.19. The van der Waals surface area contributed by atoms with Crippen LogP contribution in [0, 0.1) is 11.8 Å². The van der Waals surface area contributed by atoms with E-state index in [-0.39, 0.29) is 0 Å². The molecule has 0 saturated heterocycles. The van der Waals surface area contributed by atoms with E-state index in [0.29, 0.717) is 11.1 Å². The van der Waals surface area contributed by atoms with Crippen molar-refractivity contribution in [3.05, 3.63) is 46.5 Å². The number of allylic oxidation sites excluding steroid dienone is 1. The second-order valence-corrected chi connectivity index (χ2v) is 3.70. The molecule has 0 unspecified atom stereocenters. The molecular weight excluding hydrogens is 268 g/mol. The molecule has 0 saturated carbocycles. The second-order valence-electron chi connectivity index (χ2n) is 2.85. The summed E-state index contributed by atoms with van der Waals surface area (Å²) in [4.78, 5) is 11.2. The van der Waals surface area contributed by atoms with Gasteiger partial charge in [0.25, 0.3) is 0 Å². The van der Waals surface area contributed by atoms with Crippen LogP contribution >= 0.6 is 15.9 Å². The van der Waals surface area contributed by atoms with Crippen LogP contribution in [0.15, 0.2) is 40.9 Å².